The van der Waals surface area contributed by atoms with Crippen LogP contribution in [0.1, 0.15) is 46.5 Å². The first-order valence-corrected chi connectivity index (χ1v) is 10.9. The minimum absolute atomic E-state index is 0.00707. The highest BCUT2D eigenvalue weighted by Gasteiger charge is 2.36. The van der Waals surface area contributed by atoms with E-state index in [-0.39, 0.29) is 16.8 Å². The highest BCUT2D eigenvalue weighted by atomic mass is 16.6. The maximum atomic E-state index is 13.6. The van der Waals surface area contributed by atoms with E-state index >= 15 is 0 Å². The van der Waals surface area contributed by atoms with Crippen molar-refractivity contribution in [2.45, 2.75) is 26.7 Å². The van der Waals surface area contributed by atoms with Gasteiger partial charge in [0.2, 0.25) is 0 Å². The molecule has 0 saturated carbocycles. The summed E-state index contributed by atoms with van der Waals surface area (Å²) in [6.45, 7) is 4.84. The van der Waals surface area contributed by atoms with Crippen molar-refractivity contribution in [3.8, 4) is 17.2 Å². The number of ether oxygens (including phenoxy) is 2. The number of hydrogen-bond donors (Lipinski definition) is 1. The summed E-state index contributed by atoms with van der Waals surface area (Å²) in [5.41, 5.74) is 1.19. The van der Waals surface area contributed by atoms with Gasteiger partial charge in [-0.2, -0.15) is 0 Å². The van der Waals surface area contributed by atoms with E-state index in [0.717, 1.165) is 0 Å². The normalized spacial score (nSPS) is 16.1. The summed E-state index contributed by atoms with van der Waals surface area (Å²) in [4.78, 5) is 40.1. The number of anilines is 1. The SMILES string of the molecule is CC1(C)CC(=O)c2cn(-c3ccccc3)c(=O)c(C(=O)Nc3ccc4c(c3)OCCO4)c2C1. The molecular formula is C26H24N2O5. The molecule has 2 heterocycles. The van der Waals surface area contributed by atoms with Gasteiger partial charge in [0.1, 0.15) is 18.8 Å². The third kappa shape index (κ3) is 3.91. The van der Waals surface area contributed by atoms with E-state index in [4.69, 9.17) is 9.47 Å². The Balaban J connectivity index is 1.62. The van der Waals surface area contributed by atoms with E-state index in [9.17, 15) is 14.4 Å². The third-order valence-corrected chi connectivity index (χ3v) is 5.97. The van der Waals surface area contributed by atoms with E-state index < -0.39 is 11.5 Å². The molecule has 2 aromatic carbocycles. The van der Waals surface area contributed by atoms with Crippen LogP contribution in [0.15, 0.2) is 59.5 Å². The summed E-state index contributed by atoms with van der Waals surface area (Å²) < 4.78 is 12.5. The molecular weight excluding hydrogens is 420 g/mol. The van der Waals surface area contributed by atoms with E-state index in [1.165, 1.54) is 4.57 Å². The molecule has 1 aromatic heterocycles. The van der Waals surface area contributed by atoms with Gasteiger partial charge in [-0.05, 0) is 41.7 Å². The average molecular weight is 444 g/mol. The van der Waals surface area contributed by atoms with Crippen LogP contribution in [0.3, 0.4) is 0 Å². The van der Waals surface area contributed by atoms with E-state index in [1.807, 2.05) is 19.9 Å². The summed E-state index contributed by atoms with van der Waals surface area (Å²) >= 11 is 0. The van der Waals surface area contributed by atoms with Gasteiger partial charge in [-0.3, -0.25) is 19.0 Å². The molecule has 1 amide bonds. The molecule has 33 heavy (non-hydrogen) atoms. The standard InChI is InChI=1S/C26H24N2O5/c1-26(2)13-18-19(20(29)14-26)15-28(17-6-4-3-5-7-17)25(31)23(18)24(30)27-16-8-9-21-22(12-16)33-11-10-32-21/h3-9,12,15H,10-11,13-14H2,1-2H3,(H,27,30). The number of nitrogens with one attached hydrogen (secondary N) is 1. The van der Waals surface area contributed by atoms with Gasteiger partial charge in [-0.1, -0.05) is 32.0 Å². The number of amides is 1. The number of aromatic nitrogens is 1. The van der Waals surface area contributed by atoms with Crippen LogP contribution in [-0.4, -0.2) is 29.5 Å². The number of carbonyl (C=O) groups excluding carboxylic acids is 2. The molecule has 0 radical (unpaired) electrons. The van der Waals surface area contributed by atoms with Gasteiger partial charge in [0, 0.05) is 35.6 Å². The topological polar surface area (TPSA) is 86.6 Å². The van der Waals surface area contributed by atoms with E-state index in [2.05, 4.69) is 5.32 Å². The number of para-hydroxylation sites is 1. The van der Waals surface area contributed by atoms with E-state index in [1.54, 1.807) is 48.7 Å². The summed E-state index contributed by atoms with van der Waals surface area (Å²) in [5.74, 6) is 0.519. The largest absolute Gasteiger partial charge is 0.486 e. The number of pyridine rings is 1. The molecule has 0 spiro atoms. The highest BCUT2D eigenvalue weighted by molar-refractivity contribution is 6.08. The fraction of sp³-hybridized carbons (Fsp3) is 0.269. The Morgan fingerprint density at radius 3 is 2.45 bits per heavy atom. The molecule has 1 aliphatic carbocycles. The maximum Gasteiger partial charge on any atom is 0.268 e. The predicted molar refractivity (Wildman–Crippen MR) is 124 cm³/mol. The van der Waals surface area contributed by atoms with Crippen LogP contribution in [0.5, 0.6) is 11.5 Å². The summed E-state index contributed by atoms with van der Waals surface area (Å²) in [6.07, 6.45) is 2.39. The molecule has 0 fully saturated rings. The lowest BCUT2D eigenvalue weighted by molar-refractivity contribution is 0.0910. The lowest BCUT2D eigenvalue weighted by Gasteiger charge is -2.31. The van der Waals surface area contributed by atoms with Crippen molar-refractivity contribution in [3.05, 3.63) is 81.8 Å². The molecule has 1 N–H and O–H groups in total. The predicted octanol–water partition coefficient (Wildman–Crippen LogP) is 4.02. The number of carbonyl (C=O) groups is 2. The maximum absolute atomic E-state index is 13.6. The van der Waals surface area contributed by atoms with Crippen molar-refractivity contribution >= 4 is 17.4 Å². The molecule has 0 atom stereocenters. The molecule has 0 saturated heterocycles. The Morgan fingerprint density at radius 2 is 1.70 bits per heavy atom. The molecule has 5 rings (SSSR count). The first kappa shape index (κ1) is 21.0. The Labute approximate surface area is 191 Å². The van der Waals surface area contributed by atoms with Crippen LogP contribution < -0.4 is 20.3 Å². The number of ketones is 1. The number of rotatable bonds is 3. The Hall–Kier alpha value is -3.87. The average Bonchev–Trinajstić information content (AvgIpc) is 2.78. The van der Waals surface area contributed by atoms with Crippen molar-refractivity contribution in [1.29, 1.82) is 0 Å². The zero-order chi connectivity index (χ0) is 23.2. The first-order valence-electron chi connectivity index (χ1n) is 10.9. The first-order chi connectivity index (χ1) is 15.8. The van der Waals surface area contributed by atoms with Crippen molar-refractivity contribution < 1.29 is 19.1 Å². The van der Waals surface area contributed by atoms with Gasteiger partial charge < -0.3 is 14.8 Å². The number of nitrogens with zero attached hydrogens (tertiary/aromatic N) is 1. The van der Waals surface area contributed by atoms with Crippen LogP contribution in [0, 0.1) is 5.41 Å². The van der Waals surface area contributed by atoms with Crippen LogP contribution in [0.2, 0.25) is 0 Å². The Morgan fingerprint density at radius 1 is 0.970 bits per heavy atom. The van der Waals surface area contributed by atoms with Crippen molar-refractivity contribution in [2.75, 3.05) is 18.5 Å². The van der Waals surface area contributed by atoms with Crippen molar-refractivity contribution in [1.82, 2.24) is 4.57 Å². The number of hydrogen-bond acceptors (Lipinski definition) is 5. The molecule has 7 nitrogen and oxygen atoms in total. The fourth-order valence-corrected chi connectivity index (χ4v) is 4.47. The zero-order valence-electron chi connectivity index (χ0n) is 18.5. The fourth-order valence-electron chi connectivity index (χ4n) is 4.47. The second-order valence-corrected chi connectivity index (χ2v) is 9.16. The number of benzene rings is 2. The van der Waals surface area contributed by atoms with Crippen molar-refractivity contribution in [2.24, 2.45) is 5.41 Å². The third-order valence-electron chi connectivity index (χ3n) is 5.97. The summed E-state index contributed by atoms with van der Waals surface area (Å²) in [7, 11) is 0. The number of Topliss-reactive ketones (excluding diaryl/α,β-unsaturated/α-hetero) is 1. The lowest BCUT2D eigenvalue weighted by Crippen LogP contribution is -2.37. The molecule has 2 aliphatic rings. The van der Waals surface area contributed by atoms with Gasteiger partial charge in [0.05, 0.1) is 0 Å². The van der Waals surface area contributed by atoms with Gasteiger partial charge in [-0.25, -0.2) is 0 Å². The lowest BCUT2D eigenvalue weighted by atomic mass is 9.73. The second-order valence-electron chi connectivity index (χ2n) is 9.16. The highest BCUT2D eigenvalue weighted by Crippen LogP contribution is 2.36. The minimum atomic E-state index is -0.552. The summed E-state index contributed by atoms with van der Waals surface area (Å²) in [5, 5.41) is 2.82. The monoisotopic (exact) mass is 444 g/mol. The Kier molecular flexibility index (Phi) is 5.04. The van der Waals surface area contributed by atoms with Crippen LogP contribution >= 0.6 is 0 Å². The van der Waals surface area contributed by atoms with Gasteiger partial charge in [0.15, 0.2) is 17.3 Å². The minimum Gasteiger partial charge on any atom is -0.486 e. The van der Waals surface area contributed by atoms with E-state index in [0.29, 0.717) is 60.1 Å². The Bertz CT molecular complexity index is 1320. The molecule has 0 bridgehead atoms. The van der Waals surface area contributed by atoms with Crippen molar-refractivity contribution in [3.63, 3.8) is 0 Å². The second kappa shape index (κ2) is 7.92. The van der Waals surface area contributed by atoms with Gasteiger partial charge in [0.25, 0.3) is 11.5 Å². The van der Waals surface area contributed by atoms with Crippen LogP contribution in [-0.2, 0) is 6.42 Å². The van der Waals surface area contributed by atoms with Gasteiger partial charge in [-0.15, -0.1) is 0 Å². The molecule has 168 valence electrons. The van der Waals surface area contributed by atoms with Crippen LogP contribution in [0.25, 0.3) is 5.69 Å². The van der Waals surface area contributed by atoms with Crippen LogP contribution in [0.4, 0.5) is 5.69 Å². The summed E-state index contributed by atoms with van der Waals surface area (Å²) in [6, 6.07) is 14.1. The zero-order valence-corrected chi connectivity index (χ0v) is 18.5. The molecule has 7 heteroatoms. The van der Waals surface area contributed by atoms with Gasteiger partial charge >= 0.3 is 0 Å². The molecule has 3 aromatic rings. The molecule has 1 aliphatic heterocycles. The number of fused-ring (bicyclic) bond motifs is 2. The quantitative estimate of drug-likeness (QED) is 0.660. The molecule has 0 unspecified atom stereocenters. The smallest absolute Gasteiger partial charge is 0.268 e.